The van der Waals surface area contributed by atoms with E-state index >= 15 is 0 Å². The molecule has 0 saturated carbocycles. The van der Waals surface area contributed by atoms with Crippen molar-refractivity contribution in [3.8, 4) is 11.5 Å². The Morgan fingerprint density at radius 2 is 1.77 bits per heavy atom. The largest absolute Gasteiger partial charge is 0.493 e. The number of amides is 4. The Labute approximate surface area is 201 Å². The van der Waals surface area contributed by atoms with Crippen molar-refractivity contribution in [3.05, 3.63) is 53.1 Å². The summed E-state index contributed by atoms with van der Waals surface area (Å²) in [6, 6.07) is 8.20. The number of carbonyl (C=O) groups is 5. The van der Waals surface area contributed by atoms with E-state index in [2.05, 4.69) is 10.2 Å². The zero-order chi connectivity index (χ0) is 25.7. The van der Waals surface area contributed by atoms with E-state index in [-0.39, 0.29) is 16.8 Å². The molecule has 11 nitrogen and oxygen atoms in total. The van der Waals surface area contributed by atoms with Crippen molar-refractivity contribution >= 4 is 35.3 Å². The fraction of sp³-hybridized carbons (Fsp3) is 0.292. The number of hydrogen-bond acceptors (Lipinski definition) is 8. The van der Waals surface area contributed by atoms with Gasteiger partial charge in [0.1, 0.15) is 0 Å². The number of anilines is 1. The van der Waals surface area contributed by atoms with Crippen LogP contribution in [-0.4, -0.2) is 48.2 Å². The molecule has 2 aromatic rings. The number of fused-ring (bicyclic) bond motifs is 1. The van der Waals surface area contributed by atoms with Crippen molar-refractivity contribution < 1.29 is 38.3 Å². The average molecular weight is 483 g/mol. The van der Waals surface area contributed by atoms with Gasteiger partial charge in [-0.05, 0) is 36.8 Å². The molecular formula is C24H25N3O8. The number of hydroxylamine groups is 1. The minimum Gasteiger partial charge on any atom is -0.493 e. The van der Waals surface area contributed by atoms with E-state index in [0.717, 1.165) is 11.8 Å². The fourth-order valence-electron chi connectivity index (χ4n) is 3.75. The summed E-state index contributed by atoms with van der Waals surface area (Å²) in [5.74, 6) is -2.44. The molecule has 0 bridgehead atoms. The van der Waals surface area contributed by atoms with Gasteiger partial charge in [0.2, 0.25) is 5.91 Å². The molecule has 4 amide bonds. The van der Waals surface area contributed by atoms with Crippen molar-refractivity contribution in [1.82, 2.24) is 10.4 Å². The topological polar surface area (TPSA) is 140 Å². The maximum absolute atomic E-state index is 13.5. The molecular weight excluding hydrogens is 458 g/mol. The van der Waals surface area contributed by atoms with Crippen molar-refractivity contribution in [2.75, 3.05) is 19.0 Å². The van der Waals surface area contributed by atoms with Gasteiger partial charge in [-0.25, -0.2) is 0 Å². The normalized spacial score (nSPS) is 13.1. The maximum atomic E-state index is 13.5. The van der Waals surface area contributed by atoms with Gasteiger partial charge in [0.05, 0.1) is 43.0 Å². The Kier molecular flexibility index (Phi) is 7.69. The van der Waals surface area contributed by atoms with Crippen LogP contribution in [0.3, 0.4) is 0 Å². The molecule has 1 aliphatic rings. The molecule has 2 N–H and O–H groups in total. The third-order valence-electron chi connectivity index (χ3n) is 5.13. The minimum atomic E-state index is -1.09. The quantitative estimate of drug-likeness (QED) is 0.431. The van der Waals surface area contributed by atoms with Crippen molar-refractivity contribution in [3.63, 3.8) is 0 Å². The summed E-state index contributed by atoms with van der Waals surface area (Å²) in [5.41, 5.74) is 2.71. The number of rotatable bonds is 8. The lowest BCUT2D eigenvalue weighted by Crippen LogP contribution is -2.38. The van der Waals surface area contributed by atoms with Crippen LogP contribution in [0.25, 0.3) is 0 Å². The SMILES string of the molecule is CCOc1cc([C@@H](CC(=O)NOC(C)=O)N2C(=O)c3cccc(NC(C)=O)c3C2=O)ccc1OC. The molecule has 1 aliphatic heterocycles. The van der Waals surface area contributed by atoms with E-state index < -0.39 is 42.1 Å². The minimum absolute atomic E-state index is 0.0247. The highest BCUT2D eigenvalue weighted by Crippen LogP contribution is 2.39. The molecule has 0 radical (unpaired) electrons. The van der Waals surface area contributed by atoms with Crippen LogP contribution in [0, 0.1) is 0 Å². The third-order valence-corrected chi connectivity index (χ3v) is 5.13. The highest BCUT2D eigenvalue weighted by Gasteiger charge is 2.43. The van der Waals surface area contributed by atoms with Crippen LogP contribution < -0.4 is 20.3 Å². The Hall–Kier alpha value is -4.41. The van der Waals surface area contributed by atoms with Gasteiger partial charge in [0.15, 0.2) is 11.5 Å². The summed E-state index contributed by atoms with van der Waals surface area (Å²) in [5, 5.41) is 2.56. The van der Waals surface area contributed by atoms with E-state index in [0.29, 0.717) is 23.7 Å². The molecule has 184 valence electrons. The molecule has 1 atom stereocenters. The first-order valence-electron chi connectivity index (χ1n) is 10.7. The predicted molar refractivity (Wildman–Crippen MR) is 123 cm³/mol. The van der Waals surface area contributed by atoms with Gasteiger partial charge >= 0.3 is 5.97 Å². The molecule has 0 aliphatic carbocycles. The molecule has 3 rings (SSSR count). The smallest absolute Gasteiger partial charge is 0.329 e. The molecule has 1 heterocycles. The molecule has 35 heavy (non-hydrogen) atoms. The van der Waals surface area contributed by atoms with Gasteiger partial charge in [-0.3, -0.25) is 28.9 Å². The van der Waals surface area contributed by atoms with Crippen LogP contribution in [0.5, 0.6) is 11.5 Å². The molecule has 11 heteroatoms. The van der Waals surface area contributed by atoms with Crippen LogP contribution in [0.4, 0.5) is 5.69 Å². The number of benzene rings is 2. The second-order valence-electron chi connectivity index (χ2n) is 7.57. The van der Waals surface area contributed by atoms with Gasteiger partial charge in [0.25, 0.3) is 17.7 Å². The van der Waals surface area contributed by atoms with Gasteiger partial charge < -0.3 is 19.6 Å². The number of carbonyl (C=O) groups excluding carboxylic acids is 5. The number of hydrogen-bond donors (Lipinski definition) is 2. The summed E-state index contributed by atoms with van der Waals surface area (Å²) < 4.78 is 10.9. The summed E-state index contributed by atoms with van der Waals surface area (Å²) in [6.07, 6.45) is -0.411. The molecule has 0 saturated heterocycles. The lowest BCUT2D eigenvalue weighted by molar-refractivity contribution is -0.156. The number of nitrogens with zero attached hydrogens (tertiary/aromatic N) is 1. The molecule has 0 spiro atoms. The van der Waals surface area contributed by atoms with Crippen LogP contribution >= 0.6 is 0 Å². The van der Waals surface area contributed by atoms with Crippen molar-refractivity contribution in [1.29, 1.82) is 0 Å². The fourth-order valence-corrected chi connectivity index (χ4v) is 3.75. The van der Waals surface area contributed by atoms with E-state index in [1.54, 1.807) is 31.2 Å². The number of nitrogens with one attached hydrogen (secondary N) is 2. The first-order chi connectivity index (χ1) is 16.7. The van der Waals surface area contributed by atoms with E-state index in [1.807, 2.05) is 5.48 Å². The highest BCUT2D eigenvalue weighted by molar-refractivity contribution is 6.24. The second kappa shape index (κ2) is 10.7. The zero-order valence-electron chi connectivity index (χ0n) is 19.7. The van der Waals surface area contributed by atoms with Gasteiger partial charge in [-0.2, -0.15) is 5.48 Å². The average Bonchev–Trinajstić information content (AvgIpc) is 3.06. The Morgan fingerprint density at radius 1 is 1.03 bits per heavy atom. The predicted octanol–water partition coefficient (Wildman–Crippen LogP) is 2.37. The first-order valence-corrected chi connectivity index (χ1v) is 10.7. The highest BCUT2D eigenvalue weighted by atomic mass is 16.7. The van der Waals surface area contributed by atoms with Crippen molar-refractivity contribution in [2.45, 2.75) is 33.2 Å². The van der Waals surface area contributed by atoms with Crippen LogP contribution in [0.1, 0.15) is 59.5 Å². The summed E-state index contributed by atoms with van der Waals surface area (Å²) >= 11 is 0. The molecule has 2 aromatic carbocycles. The van der Waals surface area contributed by atoms with E-state index in [4.69, 9.17) is 9.47 Å². The summed E-state index contributed by atoms with van der Waals surface area (Å²) in [7, 11) is 1.47. The first kappa shape index (κ1) is 25.2. The third kappa shape index (κ3) is 5.40. The maximum Gasteiger partial charge on any atom is 0.329 e. The zero-order valence-corrected chi connectivity index (χ0v) is 19.7. The standard InChI is InChI=1S/C24H25N3O8/c1-5-34-20-11-15(9-10-19(20)33-4)18(12-21(30)26-35-14(3)29)27-23(31)16-7-6-8-17(25-13(2)28)22(16)24(27)32/h6-11,18H,5,12H2,1-4H3,(H,25,28)(H,26,30)/t18-/m1/s1. The van der Waals surface area contributed by atoms with E-state index in [9.17, 15) is 24.0 Å². The lowest BCUT2D eigenvalue weighted by Gasteiger charge is -2.27. The number of methoxy groups -OCH3 is 1. The van der Waals surface area contributed by atoms with Gasteiger partial charge in [-0.1, -0.05) is 12.1 Å². The van der Waals surface area contributed by atoms with Crippen molar-refractivity contribution in [2.24, 2.45) is 0 Å². The van der Waals surface area contributed by atoms with Crippen LogP contribution in [0.2, 0.25) is 0 Å². The van der Waals surface area contributed by atoms with Crippen LogP contribution in [-0.2, 0) is 19.2 Å². The molecule has 0 fully saturated rings. The van der Waals surface area contributed by atoms with Crippen LogP contribution in [0.15, 0.2) is 36.4 Å². The number of ether oxygens (including phenoxy) is 2. The molecule has 0 aromatic heterocycles. The van der Waals surface area contributed by atoms with E-state index in [1.165, 1.54) is 26.2 Å². The summed E-state index contributed by atoms with van der Waals surface area (Å²) in [4.78, 5) is 67.7. The molecule has 0 unspecified atom stereocenters. The summed E-state index contributed by atoms with van der Waals surface area (Å²) in [6.45, 7) is 4.50. The Bertz CT molecular complexity index is 1190. The Morgan fingerprint density at radius 3 is 2.40 bits per heavy atom. The number of imide groups is 1. The Balaban J connectivity index is 2.07. The van der Waals surface area contributed by atoms with Gasteiger partial charge in [-0.15, -0.1) is 0 Å². The second-order valence-corrected chi connectivity index (χ2v) is 7.57. The monoisotopic (exact) mass is 483 g/mol. The van der Waals surface area contributed by atoms with Gasteiger partial charge in [0, 0.05) is 13.8 Å². The lowest BCUT2D eigenvalue weighted by atomic mass is 10.0.